The molecule has 0 aliphatic carbocycles. The van der Waals surface area contributed by atoms with Gasteiger partial charge in [0, 0.05) is 29.9 Å². The van der Waals surface area contributed by atoms with E-state index in [0.717, 1.165) is 42.0 Å². The summed E-state index contributed by atoms with van der Waals surface area (Å²) in [4.78, 5) is 2.24. The number of aromatic nitrogens is 5. The SMILES string of the molecule is Cc1nn(Cc2ccc(Cl)cc2)c(C)c1CN(C)Cc1nnc(C)n1C. The lowest BCUT2D eigenvalue weighted by molar-refractivity contribution is 0.305. The number of halogens is 1. The van der Waals surface area contributed by atoms with Crippen LogP contribution in [0.4, 0.5) is 0 Å². The molecule has 0 radical (unpaired) electrons. The van der Waals surface area contributed by atoms with E-state index < -0.39 is 0 Å². The summed E-state index contributed by atoms with van der Waals surface area (Å²) in [6.07, 6.45) is 0. The molecule has 0 bridgehead atoms. The summed E-state index contributed by atoms with van der Waals surface area (Å²) in [5.41, 5.74) is 4.71. The van der Waals surface area contributed by atoms with Gasteiger partial charge in [-0.25, -0.2) is 0 Å². The lowest BCUT2D eigenvalue weighted by atomic mass is 10.2. The molecule has 3 aromatic rings. The van der Waals surface area contributed by atoms with Gasteiger partial charge in [-0.15, -0.1) is 10.2 Å². The summed E-state index contributed by atoms with van der Waals surface area (Å²) in [7, 11) is 4.10. The highest BCUT2D eigenvalue weighted by Crippen LogP contribution is 2.18. The zero-order valence-electron chi connectivity index (χ0n) is 16.0. The third kappa shape index (κ3) is 3.97. The lowest BCUT2D eigenvalue weighted by Gasteiger charge is -2.16. The van der Waals surface area contributed by atoms with Crippen LogP contribution in [-0.4, -0.2) is 36.5 Å². The van der Waals surface area contributed by atoms with Gasteiger partial charge in [0.2, 0.25) is 0 Å². The Morgan fingerprint density at radius 3 is 2.35 bits per heavy atom. The minimum Gasteiger partial charge on any atom is -0.317 e. The van der Waals surface area contributed by atoms with Gasteiger partial charge in [-0.3, -0.25) is 9.58 Å². The van der Waals surface area contributed by atoms with Crippen LogP contribution in [0.3, 0.4) is 0 Å². The summed E-state index contributed by atoms with van der Waals surface area (Å²) in [5.74, 6) is 1.89. The first-order valence-electron chi connectivity index (χ1n) is 8.66. The fourth-order valence-corrected chi connectivity index (χ4v) is 3.16. The van der Waals surface area contributed by atoms with E-state index in [4.69, 9.17) is 16.7 Å². The van der Waals surface area contributed by atoms with Crippen LogP contribution in [0.15, 0.2) is 24.3 Å². The number of hydrogen-bond acceptors (Lipinski definition) is 4. The first kappa shape index (κ1) is 18.6. The average molecular weight is 373 g/mol. The zero-order valence-corrected chi connectivity index (χ0v) is 16.7. The maximum absolute atomic E-state index is 5.97. The molecule has 0 spiro atoms. The molecule has 0 aliphatic rings. The molecule has 0 amide bonds. The largest absolute Gasteiger partial charge is 0.317 e. The van der Waals surface area contributed by atoms with Crippen LogP contribution >= 0.6 is 11.6 Å². The lowest BCUT2D eigenvalue weighted by Crippen LogP contribution is -2.20. The van der Waals surface area contributed by atoms with Gasteiger partial charge in [-0.05, 0) is 45.5 Å². The van der Waals surface area contributed by atoms with E-state index in [0.29, 0.717) is 0 Å². The molecule has 26 heavy (non-hydrogen) atoms. The maximum atomic E-state index is 5.97. The monoisotopic (exact) mass is 372 g/mol. The molecule has 7 heteroatoms. The standard InChI is InChI=1S/C19H25ClN6/c1-13-18(11-24(4)12-19-22-21-15(3)25(19)5)14(2)26(23-13)10-16-6-8-17(20)9-7-16/h6-9H,10-12H2,1-5H3. The Labute approximate surface area is 159 Å². The number of aryl methyl sites for hydroxylation is 2. The van der Waals surface area contributed by atoms with E-state index in [1.807, 2.05) is 42.8 Å². The molecule has 2 heterocycles. The molecule has 0 aliphatic heterocycles. The second kappa shape index (κ2) is 7.60. The smallest absolute Gasteiger partial charge is 0.146 e. The first-order valence-corrected chi connectivity index (χ1v) is 9.03. The molecule has 138 valence electrons. The molecule has 0 saturated heterocycles. The Morgan fingerprint density at radius 2 is 1.73 bits per heavy atom. The number of rotatable bonds is 6. The van der Waals surface area contributed by atoms with E-state index in [1.165, 1.54) is 16.8 Å². The average Bonchev–Trinajstić information content (AvgIpc) is 3.05. The normalized spacial score (nSPS) is 11.5. The van der Waals surface area contributed by atoms with Crippen molar-refractivity contribution in [1.29, 1.82) is 0 Å². The van der Waals surface area contributed by atoms with Gasteiger partial charge in [0.15, 0.2) is 0 Å². The van der Waals surface area contributed by atoms with Crippen LogP contribution in [0.1, 0.15) is 34.2 Å². The molecular weight excluding hydrogens is 348 g/mol. The number of hydrogen-bond donors (Lipinski definition) is 0. The van der Waals surface area contributed by atoms with Gasteiger partial charge in [0.1, 0.15) is 11.6 Å². The Hall–Kier alpha value is -2.18. The van der Waals surface area contributed by atoms with Gasteiger partial charge < -0.3 is 4.57 Å². The van der Waals surface area contributed by atoms with E-state index in [-0.39, 0.29) is 0 Å². The molecule has 0 fully saturated rings. The van der Waals surface area contributed by atoms with E-state index in [2.05, 4.69) is 40.7 Å². The van der Waals surface area contributed by atoms with Crippen molar-refractivity contribution in [3.8, 4) is 0 Å². The van der Waals surface area contributed by atoms with Crippen LogP contribution in [0, 0.1) is 20.8 Å². The maximum Gasteiger partial charge on any atom is 0.146 e. The minimum atomic E-state index is 0.746. The highest BCUT2D eigenvalue weighted by molar-refractivity contribution is 6.30. The van der Waals surface area contributed by atoms with Crippen molar-refractivity contribution >= 4 is 11.6 Å². The second-order valence-corrected chi connectivity index (χ2v) is 7.26. The van der Waals surface area contributed by atoms with Gasteiger partial charge in [0.05, 0.1) is 18.8 Å². The zero-order chi connectivity index (χ0) is 18.8. The van der Waals surface area contributed by atoms with Crippen molar-refractivity contribution in [3.05, 3.63) is 63.5 Å². The van der Waals surface area contributed by atoms with Crippen LogP contribution in [0.25, 0.3) is 0 Å². The summed E-state index contributed by atoms with van der Waals surface area (Å²) >= 11 is 5.97. The second-order valence-electron chi connectivity index (χ2n) is 6.83. The van der Waals surface area contributed by atoms with Gasteiger partial charge in [0.25, 0.3) is 0 Å². The third-order valence-corrected chi connectivity index (χ3v) is 5.05. The van der Waals surface area contributed by atoms with E-state index in [1.54, 1.807) is 0 Å². The van der Waals surface area contributed by atoms with Crippen molar-refractivity contribution in [2.45, 2.75) is 40.4 Å². The molecule has 1 aromatic carbocycles. The van der Waals surface area contributed by atoms with Crippen molar-refractivity contribution in [1.82, 2.24) is 29.4 Å². The van der Waals surface area contributed by atoms with Crippen LogP contribution in [0.5, 0.6) is 0 Å². The van der Waals surface area contributed by atoms with Crippen molar-refractivity contribution in [3.63, 3.8) is 0 Å². The predicted molar refractivity (Wildman–Crippen MR) is 103 cm³/mol. The highest BCUT2D eigenvalue weighted by Gasteiger charge is 2.15. The van der Waals surface area contributed by atoms with Crippen LogP contribution < -0.4 is 0 Å². The van der Waals surface area contributed by atoms with E-state index >= 15 is 0 Å². The van der Waals surface area contributed by atoms with Crippen molar-refractivity contribution in [2.24, 2.45) is 7.05 Å². The molecule has 2 aromatic heterocycles. The highest BCUT2D eigenvalue weighted by atomic mass is 35.5. The van der Waals surface area contributed by atoms with Crippen molar-refractivity contribution in [2.75, 3.05) is 7.05 Å². The molecule has 0 unspecified atom stereocenters. The summed E-state index contributed by atoms with van der Waals surface area (Å²) in [6, 6.07) is 7.92. The van der Waals surface area contributed by atoms with E-state index in [9.17, 15) is 0 Å². The molecule has 0 N–H and O–H groups in total. The third-order valence-electron chi connectivity index (χ3n) is 4.80. The Balaban J connectivity index is 1.73. The van der Waals surface area contributed by atoms with Gasteiger partial charge >= 0.3 is 0 Å². The number of benzene rings is 1. The first-order chi connectivity index (χ1) is 12.3. The van der Waals surface area contributed by atoms with Crippen LogP contribution in [0.2, 0.25) is 5.02 Å². The molecular formula is C19H25ClN6. The topological polar surface area (TPSA) is 51.8 Å². The molecule has 3 rings (SSSR count). The van der Waals surface area contributed by atoms with Gasteiger partial charge in [-0.1, -0.05) is 23.7 Å². The molecule has 0 atom stereocenters. The fraction of sp³-hybridized carbons (Fsp3) is 0.421. The number of nitrogens with zero attached hydrogens (tertiary/aromatic N) is 6. The summed E-state index contributed by atoms with van der Waals surface area (Å²) in [6.45, 7) is 8.48. The molecule has 0 saturated carbocycles. The predicted octanol–water partition coefficient (Wildman–Crippen LogP) is 3.27. The minimum absolute atomic E-state index is 0.746. The van der Waals surface area contributed by atoms with Crippen molar-refractivity contribution < 1.29 is 0 Å². The quantitative estimate of drug-likeness (QED) is 0.666. The fourth-order valence-electron chi connectivity index (χ4n) is 3.04. The Morgan fingerprint density at radius 1 is 1.04 bits per heavy atom. The molecule has 6 nitrogen and oxygen atoms in total. The Kier molecular flexibility index (Phi) is 5.44. The summed E-state index contributed by atoms with van der Waals surface area (Å²) in [5, 5.41) is 13.9. The van der Waals surface area contributed by atoms with Crippen LogP contribution in [-0.2, 0) is 26.7 Å². The van der Waals surface area contributed by atoms with Gasteiger partial charge in [-0.2, -0.15) is 5.10 Å². The summed E-state index contributed by atoms with van der Waals surface area (Å²) < 4.78 is 4.09. The Bertz CT molecular complexity index is 894.